The molecule has 1 aliphatic carbocycles. The maximum Gasteiger partial charge on any atom is 0.326 e. The maximum absolute atomic E-state index is 12.0. The van der Waals surface area contributed by atoms with Crippen LogP contribution in [0.5, 0.6) is 0 Å². The highest BCUT2D eigenvalue weighted by molar-refractivity contribution is 7.98. The molecule has 1 atom stereocenters. The van der Waals surface area contributed by atoms with Gasteiger partial charge in [-0.1, -0.05) is 12.8 Å². The summed E-state index contributed by atoms with van der Waals surface area (Å²) in [6, 6.07) is -1.32. The minimum absolute atomic E-state index is 0.244. The summed E-state index contributed by atoms with van der Waals surface area (Å²) in [6.45, 7) is 0.244. The van der Waals surface area contributed by atoms with Gasteiger partial charge in [-0.25, -0.2) is 9.59 Å². The first-order valence-corrected chi connectivity index (χ1v) is 8.23. The highest BCUT2D eigenvalue weighted by Gasteiger charge is 2.34. The van der Waals surface area contributed by atoms with Gasteiger partial charge in [-0.2, -0.15) is 11.8 Å². The average Bonchev–Trinajstić information content (AvgIpc) is 2.80. The Hall–Kier alpha value is -0.950. The van der Waals surface area contributed by atoms with Crippen molar-refractivity contribution in [1.82, 2.24) is 10.2 Å². The molecular weight excluding hydrogens is 280 g/mol. The van der Waals surface area contributed by atoms with E-state index in [0.29, 0.717) is 25.0 Å². The van der Waals surface area contributed by atoms with E-state index in [0.717, 1.165) is 12.8 Å². The van der Waals surface area contributed by atoms with E-state index in [1.807, 2.05) is 6.26 Å². The molecule has 0 radical (unpaired) electrons. The Morgan fingerprint density at radius 2 is 2.00 bits per heavy atom. The number of hydrogen-bond acceptors (Lipinski definition) is 4. The number of aliphatic hydroxyl groups is 1. The van der Waals surface area contributed by atoms with Crippen molar-refractivity contribution in [2.24, 2.45) is 0 Å². The summed E-state index contributed by atoms with van der Waals surface area (Å²) >= 11 is 1.54. The predicted octanol–water partition coefficient (Wildman–Crippen LogP) is 1.14. The molecule has 1 fully saturated rings. The van der Waals surface area contributed by atoms with Crippen LogP contribution in [0.1, 0.15) is 32.1 Å². The average molecular weight is 304 g/mol. The summed E-state index contributed by atoms with van der Waals surface area (Å²) < 4.78 is 0. The van der Waals surface area contributed by atoms with Crippen LogP contribution < -0.4 is 5.32 Å². The van der Waals surface area contributed by atoms with Gasteiger partial charge in [-0.15, -0.1) is 0 Å². The Kier molecular flexibility index (Phi) is 6.61. The van der Waals surface area contributed by atoms with Gasteiger partial charge in [-0.05, 0) is 31.3 Å². The van der Waals surface area contributed by atoms with Gasteiger partial charge >= 0.3 is 12.0 Å². The topological polar surface area (TPSA) is 89.9 Å². The molecule has 0 unspecified atom stereocenters. The van der Waals surface area contributed by atoms with Crippen LogP contribution >= 0.6 is 11.8 Å². The number of amides is 2. The number of urea groups is 1. The molecule has 0 saturated heterocycles. The van der Waals surface area contributed by atoms with Gasteiger partial charge in [0.2, 0.25) is 0 Å². The molecule has 7 heteroatoms. The van der Waals surface area contributed by atoms with E-state index in [1.54, 1.807) is 18.8 Å². The first-order valence-electron chi connectivity index (χ1n) is 6.84. The zero-order chi connectivity index (χ0) is 15.2. The Bertz CT molecular complexity index is 345. The molecule has 0 spiro atoms. The van der Waals surface area contributed by atoms with E-state index in [2.05, 4.69) is 5.32 Å². The third-order valence-electron chi connectivity index (χ3n) is 3.62. The van der Waals surface area contributed by atoms with Gasteiger partial charge in [-0.3, -0.25) is 0 Å². The molecule has 3 N–H and O–H groups in total. The monoisotopic (exact) mass is 304 g/mol. The summed E-state index contributed by atoms with van der Waals surface area (Å²) in [5.74, 6) is -0.356. The summed E-state index contributed by atoms with van der Waals surface area (Å²) in [5, 5.41) is 21.8. The van der Waals surface area contributed by atoms with Gasteiger partial charge in [0.1, 0.15) is 6.04 Å². The van der Waals surface area contributed by atoms with Gasteiger partial charge in [0, 0.05) is 7.05 Å². The number of aliphatic carboxylic acids is 1. The van der Waals surface area contributed by atoms with Gasteiger partial charge in [0.05, 0.1) is 12.1 Å². The standard InChI is InChI=1S/C13H24N2O4S/c1-15(9-13(19)6-3-4-7-13)12(18)14-10(11(16)17)5-8-20-2/h10,19H,3-9H2,1-2H3,(H,14,18)(H,16,17)/t10-/m1/s1. The third kappa shape index (κ3) is 5.20. The van der Waals surface area contributed by atoms with Crippen LogP contribution in [-0.4, -0.2) is 64.4 Å². The number of thioether (sulfide) groups is 1. The minimum atomic E-state index is -1.03. The Morgan fingerprint density at radius 3 is 2.50 bits per heavy atom. The smallest absolute Gasteiger partial charge is 0.326 e. The molecular formula is C13H24N2O4S. The lowest BCUT2D eigenvalue weighted by molar-refractivity contribution is -0.139. The van der Waals surface area contributed by atoms with E-state index in [4.69, 9.17) is 5.11 Å². The van der Waals surface area contributed by atoms with E-state index in [-0.39, 0.29) is 6.54 Å². The molecule has 20 heavy (non-hydrogen) atoms. The highest BCUT2D eigenvalue weighted by atomic mass is 32.2. The number of nitrogens with one attached hydrogen (secondary N) is 1. The summed E-state index contributed by atoms with van der Waals surface area (Å²) in [5.41, 5.74) is -0.815. The fourth-order valence-electron chi connectivity index (χ4n) is 2.46. The van der Waals surface area contributed by atoms with Gasteiger partial charge in [0.25, 0.3) is 0 Å². The van der Waals surface area contributed by atoms with Crippen LogP contribution in [0.25, 0.3) is 0 Å². The first kappa shape index (κ1) is 17.1. The molecule has 1 saturated carbocycles. The van der Waals surface area contributed by atoms with Crippen molar-refractivity contribution in [3.05, 3.63) is 0 Å². The molecule has 0 aromatic heterocycles. The lowest BCUT2D eigenvalue weighted by Gasteiger charge is -2.29. The molecule has 1 rings (SSSR count). The Balaban J connectivity index is 2.48. The molecule has 0 aliphatic heterocycles. The van der Waals surface area contributed by atoms with Crippen molar-refractivity contribution in [3.63, 3.8) is 0 Å². The van der Waals surface area contributed by atoms with Crippen LogP contribution in [0.15, 0.2) is 0 Å². The van der Waals surface area contributed by atoms with E-state index >= 15 is 0 Å². The third-order valence-corrected chi connectivity index (χ3v) is 4.26. The highest BCUT2D eigenvalue weighted by Crippen LogP contribution is 2.29. The molecule has 0 aromatic rings. The fourth-order valence-corrected chi connectivity index (χ4v) is 2.93. The second-order valence-electron chi connectivity index (χ2n) is 5.41. The summed E-state index contributed by atoms with van der Waals surface area (Å²) in [6.07, 6.45) is 5.61. The van der Waals surface area contributed by atoms with Crippen molar-refractivity contribution in [2.75, 3.05) is 25.6 Å². The van der Waals surface area contributed by atoms with Crippen LogP contribution in [0.3, 0.4) is 0 Å². The lowest BCUT2D eigenvalue weighted by atomic mass is 10.0. The fraction of sp³-hybridized carbons (Fsp3) is 0.846. The number of carbonyl (C=O) groups is 2. The quantitative estimate of drug-likeness (QED) is 0.656. The summed E-state index contributed by atoms with van der Waals surface area (Å²) in [4.78, 5) is 24.4. The van der Waals surface area contributed by atoms with Crippen LogP contribution in [0.2, 0.25) is 0 Å². The number of hydrogen-bond donors (Lipinski definition) is 3. The molecule has 1 aliphatic rings. The number of carbonyl (C=O) groups excluding carboxylic acids is 1. The molecule has 6 nitrogen and oxygen atoms in total. The minimum Gasteiger partial charge on any atom is -0.480 e. The number of rotatable bonds is 7. The normalized spacial score (nSPS) is 18.6. The second kappa shape index (κ2) is 7.73. The lowest BCUT2D eigenvalue weighted by Crippen LogP contribution is -2.50. The van der Waals surface area contributed by atoms with Crippen molar-refractivity contribution in [3.8, 4) is 0 Å². The molecule has 116 valence electrons. The van der Waals surface area contributed by atoms with Crippen molar-refractivity contribution >= 4 is 23.8 Å². The number of carboxylic acids is 1. The van der Waals surface area contributed by atoms with E-state index in [1.165, 1.54) is 4.90 Å². The Labute approximate surface area is 123 Å². The van der Waals surface area contributed by atoms with Crippen molar-refractivity contribution in [1.29, 1.82) is 0 Å². The molecule has 0 aromatic carbocycles. The first-order chi connectivity index (χ1) is 9.38. The molecule has 0 heterocycles. The van der Waals surface area contributed by atoms with Crippen LogP contribution in [0, 0.1) is 0 Å². The SMILES string of the molecule is CSCC[C@@H](NC(=O)N(C)CC1(O)CCCC1)C(=O)O. The van der Waals surface area contributed by atoms with Crippen LogP contribution in [-0.2, 0) is 4.79 Å². The zero-order valence-electron chi connectivity index (χ0n) is 12.1. The van der Waals surface area contributed by atoms with Gasteiger partial charge < -0.3 is 20.4 Å². The number of nitrogens with zero attached hydrogens (tertiary/aromatic N) is 1. The summed E-state index contributed by atoms with van der Waals surface area (Å²) in [7, 11) is 1.58. The predicted molar refractivity (Wildman–Crippen MR) is 79.0 cm³/mol. The van der Waals surface area contributed by atoms with Crippen molar-refractivity contribution < 1.29 is 19.8 Å². The van der Waals surface area contributed by atoms with Gasteiger partial charge in [0.15, 0.2) is 0 Å². The zero-order valence-corrected chi connectivity index (χ0v) is 12.9. The number of carboxylic acid groups (broad SMARTS) is 1. The van der Waals surface area contributed by atoms with Crippen molar-refractivity contribution in [2.45, 2.75) is 43.7 Å². The largest absolute Gasteiger partial charge is 0.480 e. The second-order valence-corrected chi connectivity index (χ2v) is 6.39. The number of likely N-dealkylation sites (N-methyl/N-ethyl adjacent to an activating group) is 1. The molecule has 2 amide bonds. The van der Waals surface area contributed by atoms with E-state index < -0.39 is 23.6 Å². The van der Waals surface area contributed by atoms with Crippen LogP contribution in [0.4, 0.5) is 4.79 Å². The maximum atomic E-state index is 12.0. The Morgan fingerprint density at radius 1 is 1.40 bits per heavy atom. The van der Waals surface area contributed by atoms with E-state index in [9.17, 15) is 14.7 Å². The molecule has 0 bridgehead atoms.